The van der Waals surface area contributed by atoms with E-state index < -0.39 is 0 Å². The summed E-state index contributed by atoms with van der Waals surface area (Å²) in [4.78, 5) is 11.1. The molecule has 58 valence electrons. The van der Waals surface area contributed by atoms with Crippen LogP contribution in [0.4, 0.5) is 0 Å². The van der Waals surface area contributed by atoms with Crippen LogP contribution in [0.5, 0.6) is 0 Å². The Morgan fingerprint density at radius 3 is 2.50 bits per heavy atom. The maximum atomic E-state index is 11.1. The van der Waals surface area contributed by atoms with E-state index >= 15 is 0 Å². The van der Waals surface area contributed by atoms with Crippen LogP contribution in [0, 0.1) is 5.92 Å². The molecule has 0 radical (unpaired) electrons. The zero-order chi connectivity index (χ0) is 7.72. The van der Waals surface area contributed by atoms with Crippen molar-refractivity contribution in [2.45, 2.75) is 32.0 Å². The summed E-state index contributed by atoms with van der Waals surface area (Å²) in [6.45, 7) is 3.97. The molecule has 1 fully saturated rings. The third-order valence-electron chi connectivity index (χ3n) is 1.61. The van der Waals surface area contributed by atoms with Gasteiger partial charge in [-0.3, -0.25) is 4.79 Å². The molecule has 2 nitrogen and oxygen atoms in total. The first-order valence-corrected chi connectivity index (χ1v) is 4.34. The van der Waals surface area contributed by atoms with Crippen molar-refractivity contribution >= 4 is 15.1 Å². The van der Waals surface area contributed by atoms with Gasteiger partial charge in [0.1, 0.15) is 0 Å². The van der Waals surface area contributed by atoms with Gasteiger partial charge in [0.2, 0.25) is 5.91 Å². The molecule has 0 bridgehead atoms. The van der Waals surface area contributed by atoms with E-state index in [0.717, 1.165) is 6.42 Å². The Morgan fingerprint density at radius 1 is 1.70 bits per heavy atom. The number of carbonyl (C=O) groups excluding carboxylic acids is 1. The second-order valence-corrected chi connectivity index (χ2v) is 4.03. The van der Waals surface area contributed by atoms with Gasteiger partial charge in [0, 0.05) is 12.0 Å². The van der Waals surface area contributed by atoms with Gasteiger partial charge in [0.25, 0.3) is 0 Å². The summed E-state index contributed by atoms with van der Waals surface area (Å²) < 4.78 is 0. The van der Waals surface area contributed by atoms with E-state index in [9.17, 15) is 4.79 Å². The van der Waals surface area contributed by atoms with Crippen LogP contribution in [-0.2, 0) is 4.79 Å². The molecule has 0 saturated heterocycles. The molecule has 1 amide bonds. The summed E-state index contributed by atoms with van der Waals surface area (Å²) in [5.41, 5.74) is 0.541. The summed E-state index contributed by atoms with van der Waals surface area (Å²) in [5, 5.41) is 2.88. The highest BCUT2D eigenvalue weighted by Crippen LogP contribution is 2.37. The molecule has 0 aromatic rings. The van der Waals surface area contributed by atoms with Crippen LogP contribution in [0.1, 0.15) is 20.3 Å². The van der Waals surface area contributed by atoms with Crippen molar-refractivity contribution in [2.24, 2.45) is 5.92 Å². The number of carbonyl (C=O) groups is 1. The van der Waals surface area contributed by atoms with Crippen molar-refractivity contribution in [1.29, 1.82) is 0 Å². The minimum Gasteiger partial charge on any atom is -0.354 e. The Balaban J connectivity index is 2.23. The van der Waals surface area contributed by atoms with Crippen molar-refractivity contribution < 1.29 is 4.79 Å². The number of amides is 1. The van der Waals surface area contributed by atoms with E-state index in [1.54, 1.807) is 0 Å². The van der Waals surface area contributed by atoms with Crippen LogP contribution in [0.2, 0.25) is 0 Å². The van der Waals surface area contributed by atoms with Gasteiger partial charge >= 0.3 is 0 Å². The molecule has 1 N–H and O–H groups in total. The van der Waals surface area contributed by atoms with Crippen LogP contribution < -0.4 is 5.32 Å². The summed E-state index contributed by atoms with van der Waals surface area (Å²) in [5.74, 6) is 0.502. The fraction of sp³-hybridized carbons (Fsp3) is 0.857. The third kappa shape index (κ3) is 1.95. The number of rotatable bonds is 2. The van der Waals surface area contributed by atoms with Gasteiger partial charge in [0.05, 0.1) is 0 Å². The lowest BCUT2D eigenvalue weighted by molar-refractivity contribution is -0.122. The zero-order valence-electron chi connectivity index (χ0n) is 6.42. The van der Waals surface area contributed by atoms with E-state index in [-0.39, 0.29) is 17.9 Å². The summed E-state index contributed by atoms with van der Waals surface area (Å²) in [6.07, 6.45) is 1.04. The van der Waals surface area contributed by atoms with Gasteiger partial charge in [-0.25, -0.2) is 0 Å². The SMILES string of the molecule is CC(C)NC(=O)C1CC1P. The Kier molecular flexibility index (Phi) is 2.30. The van der Waals surface area contributed by atoms with Crippen molar-refractivity contribution in [3.05, 3.63) is 0 Å². The Labute approximate surface area is 64.0 Å². The lowest BCUT2D eigenvalue weighted by Gasteiger charge is -2.06. The molecule has 0 heterocycles. The molecule has 1 saturated carbocycles. The van der Waals surface area contributed by atoms with Crippen molar-refractivity contribution in [2.75, 3.05) is 0 Å². The molecular formula is C7H14NOP. The molecule has 3 atom stereocenters. The highest BCUT2D eigenvalue weighted by atomic mass is 31.0. The zero-order valence-corrected chi connectivity index (χ0v) is 7.58. The predicted molar refractivity (Wildman–Crippen MR) is 44.9 cm³/mol. The van der Waals surface area contributed by atoms with E-state index in [4.69, 9.17) is 0 Å². The second-order valence-electron chi connectivity index (χ2n) is 3.17. The Hall–Kier alpha value is -0.100. The first-order valence-electron chi connectivity index (χ1n) is 3.67. The molecule has 1 rings (SSSR count). The lowest BCUT2D eigenvalue weighted by Crippen LogP contribution is -2.31. The molecule has 3 heteroatoms. The van der Waals surface area contributed by atoms with Crippen molar-refractivity contribution in [3.63, 3.8) is 0 Å². The molecule has 1 aliphatic carbocycles. The van der Waals surface area contributed by atoms with Crippen LogP contribution in [0.25, 0.3) is 0 Å². The smallest absolute Gasteiger partial charge is 0.223 e. The second kappa shape index (κ2) is 2.87. The van der Waals surface area contributed by atoms with Crippen molar-refractivity contribution in [3.8, 4) is 0 Å². The third-order valence-corrected chi connectivity index (χ3v) is 2.34. The highest BCUT2D eigenvalue weighted by molar-refractivity contribution is 7.18. The summed E-state index contributed by atoms with van der Waals surface area (Å²) in [6, 6.07) is 0.283. The van der Waals surface area contributed by atoms with Gasteiger partial charge in [0.15, 0.2) is 0 Å². The molecular weight excluding hydrogens is 145 g/mol. The number of hydrogen-bond acceptors (Lipinski definition) is 1. The molecule has 3 unspecified atom stereocenters. The van der Waals surface area contributed by atoms with Crippen LogP contribution in [0.15, 0.2) is 0 Å². The van der Waals surface area contributed by atoms with E-state index in [1.165, 1.54) is 0 Å². The van der Waals surface area contributed by atoms with Gasteiger partial charge < -0.3 is 5.32 Å². The molecule has 10 heavy (non-hydrogen) atoms. The monoisotopic (exact) mass is 159 g/mol. The minimum absolute atomic E-state index is 0.218. The predicted octanol–water partition coefficient (Wildman–Crippen LogP) is 0.775. The van der Waals surface area contributed by atoms with Crippen LogP contribution in [-0.4, -0.2) is 17.6 Å². The topological polar surface area (TPSA) is 29.1 Å². The highest BCUT2D eigenvalue weighted by Gasteiger charge is 2.39. The average Bonchev–Trinajstić information content (AvgIpc) is 2.44. The van der Waals surface area contributed by atoms with Crippen molar-refractivity contribution in [1.82, 2.24) is 5.32 Å². The fourth-order valence-electron chi connectivity index (χ4n) is 0.908. The fourth-order valence-corrected chi connectivity index (χ4v) is 1.38. The summed E-state index contributed by atoms with van der Waals surface area (Å²) in [7, 11) is 2.68. The molecule has 1 aliphatic rings. The minimum atomic E-state index is 0.218. The first-order chi connectivity index (χ1) is 4.61. The quantitative estimate of drug-likeness (QED) is 0.592. The summed E-state index contributed by atoms with van der Waals surface area (Å²) >= 11 is 0. The molecule has 0 aromatic carbocycles. The lowest BCUT2D eigenvalue weighted by atomic mass is 10.3. The van der Waals surface area contributed by atoms with Gasteiger partial charge in [-0.05, 0) is 25.9 Å². The maximum absolute atomic E-state index is 11.1. The average molecular weight is 159 g/mol. The number of hydrogen-bond donors (Lipinski definition) is 1. The number of nitrogens with one attached hydrogen (secondary N) is 1. The Bertz CT molecular complexity index is 147. The molecule has 0 spiro atoms. The van der Waals surface area contributed by atoms with Gasteiger partial charge in [-0.15, -0.1) is 9.24 Å². The normalized spacial score (nSPS) is 30.4. The molecule has 0 aromatic heterocycles. The van der Waals surface area contributed by atoms with Crippen LogP contribution in [0.3, 0.4) is 0 Å². The maximum Gasteiger partial charge on any atom is 0.223 e. The van der Waals surface area contributed by atoms with Gasteiger partial charge in [-0.1, -0.05) is 0 Å². The largest absolute Gasteiger partial charge is 0.354 e. The van der Waals surface area contributed by atoms with E-state index in [0.29, 0.717) is 5.66 Å². The molecule has 0 aliphatic heterocycles. The van der Waals surface area contributed by atoms with Gasteiger partial charge in [-0.2, -0.15) is 0 Å². The standard InChI is InChI=1S/C7H14NOP/c1-4(2)8-7(9)5-3-6(5)10/h4-6H,3,10H2,1-2H3,(H,8,9). The Morgan fingerprint density at radius 2 is 2.20 bits per heavy atom. The first kappa shape index (κ1) is 8.00. The van der Waals surface area contributed by atoms with E-state index in [2.05, 4.69) is 14.6 Å². The van der Waals surface area contributed by atoms with Crippen LogP contribution >= 0.6 is 9.24 Å². The van der Waals surface area contributed by atoms with E-state index in [1.807, 2.05) is 13.8 Å².